The van der Waals surface area contributed by atoms with E-state index in [4.69, 9.17) is 4.74 Å². The summed E-state index contributed by atoms with van der Waals surface area (Å²) in [5, 5.41) is 6.44. The number of hydrogen-bond donors (Lipinski definition) is 2. The van der Waals surface area contributed by atoms with Crippen LogP contribution >= 0.6 is 0 Å². The second kappa shape index (κ2) is 10.1. The van der Waals surface area contributed by atoms with Gasteiger partial charge in [0.25, 0.3) is 0 Å². The maximum Gasteiger partial charge on any atom is 0.407 e. The van der Waals surface area contributed by atoms with Crippen molar-refractivity contribution in [2.75, 3.05) is 66.0 Å². The van der Waals surface area contributed by atoms with E-state index in [1.54, 1.807) is 0 Å². The lowest BCUT2D eigenvalue weighted by molar-refractivity contribution is 0.0507. The van der Waals surface area contributed by atoms with Gasteiger partial charge < -0.3 is 25.2 Å². The van der Waals surface area contributed by atoms with Crippen molar-refractivity contribution in [2.24, 2.45) is 4.99 Å². The third kappa shape index (κ3) is 7.54. The number of aliphatic imine (C=N–C) groups is 1. The lowest BCUT2D eigenvalue weighted by Gasteiger charge is -2.34. The highest BCUT2D eigenvalue weighted by Gasteiger charge is 2.27. The molecule has 1 unspecified atom stereocenters. The number of ether oxygens (including phenoxy) is 1. The van der Waals surface area contributed by atoms with E-state index in [1.807, 2.05) is 27.8 Å². The third-order valence-electron chi connectivity index (χ3n) is 5.04. The Kier molecular flexibility index (Phi) is 8.16. The summed E-state index contributed by atoms with van der Waals surface area (Å²) in [6.07, 6.45) is 0.558. The molecule has 2 rings (SSSR count). The van der Waals surface area contributed by atoms with Gasteiger partial charge in [0, 0.05) is 59.4 Å². The maximum absolute atomic E-state index is 11.9. The van der Waals surface area contributed by atoms with Gasteiger partial charge in [-0.1, -0.05) is 6.92 Å². The maximum atomic E-state index is 11.9. The number of nitrogens with one attached hydrogen (secondary N) is 2. The molecule has 2 heterocycles. The van der Waals surface area contributed by atoms with Crippen LogP contribution in [0.4, 0.5) is 4.79 Å². The van der Waals surface area contributed by atoms with Crippen LogP contribution in [0.2, 0.25) is 0 Å². The minimum absolute atomic E-state index is 0.0977. The SMILES string of the molecule is CCN1CCN(CCNC(=NC)N2CCC(NC(=O)OC(C)(C)C)C2)CC1. The Balaban J connectivity index is 1.68. The zero-order valence-corrected chi connectivity index (χ0v) is 17.8. The number of guanidine groups is 1. The first-order valence-electron chi connectivity index (χ1n) is 10.2. The number of nitrogens with zero attached hydrogens (tertiary/aromatic N) is 4. The van der Waals surface area contributed by atoms with Crippen molar-refractivity contribution in [3.8, 4) is 0 Å². The van der Waals surface area contributed by atoms with Crippen molar-refractivity contribution in [1.82, 2.24) is 25.3 Å². The largest absolute Gasteiger partial charge is 0.444 e. The summed E-state index contributed by atoms with van der Waals surface area (Å²) in [6, 6.07) is 0.0977. The number of carbonyl (C=O) groups excluding carboxylic acids is 1. The molecule has 1 amide bonds. The van der Waals surface area contributed by atoms with E-state index >= 15 is 0 Å². The van der Waals surface area contributed by atoms with E-state index in [0.717, 1.165) is 71.3 Å². The topological polar surface area (TPSA) is 72.4 Å². The Morgan fingerprint density at radius 3 is 2.41 bits per heavy atom. The summed E-state index contributed by atoms with van der Waals surface area (Å²) >= 11 is 0. The van der Waals surface area contributed by atoms with Crippen molar-refractivity contribution >= 4 is 12.1 Å². The Labute approximate surface area is 164 Å². The first-order chi connectivity index (χ1) is 12.8. The lowest BCUT2D eigenvalue weighted by atomic mass is 10.2. The fraction of sp³-hybridized carbons (Fsp3) is 0.895. The third-order valence-corrected chi connectivity index (χ3v) is 5.04. The smallest absolute Gasteiger partial charge is 0.407 e. The molecule has 0 aromatic carbocycles. The van der Waals surface area contributed by atoms with Crippen LogP contribution in [0.15, 0.2) is 4.99 Å². The monoisotopic (exact) mass is 382 g/mol. The van der Waals surface area contributed by atoms with Crippen LogP contribution in [-0.4, -0.2) is 104 Å². The van der Waals surface area contributed by atoms with Gasteiger partial charge in [-0.05, 0) is 33.7 Å². The Bertz CT molecular complexity index is 497. The zero-order valence-electron chi connectivity index (χ0n) is 17.8. The molecule has 0 aromatic rings. The second-order valence-electron chi connectivity index (χ2n) is 8.33. The number of likely N-dealkylation sites (tertiary alicyclic amines) is 1. The molecule has 8 nitrogen and oxygen atoms in total. The number of carbonyl (C=O) groups is 1. The average molecular weight is 383 g/mol. The summed E-state index contributed by atoms with van der Waals surface area (Å²) in [4.78, 5) is 23.6. The lowest BCUT2D eigenvalue weighted by Crippen LogP contribution is -2.49. The summed E-state index contributed by atoms with van der Waals surface area (Å²) in [5.41, 5.74) is -0.470. The number of piperazine rings is 1. The number of rotatable bonds is 5. The fourth-order valence-corrected chi connectivity index (χ4v) is 3.53. The molecule has 1 atom stereocenters. The van der Waals surface area contributed by atoms with Crippen molar-refractivity contribution in [2.45, 2.75) is 45.8 Å². The minimum atomic E-state index is -0.470. The highest BCUT2D eigenvalue weighted by molar-refractivity contribution is 5.80. The molecule has 0 aliphatic carbocycles. The summed E-state index contributed by atoms with van der Waals surface area (Å²) in [5.74, 6) is 0.913. The highest BCUT2D eigenvalue weighted by Crippen LogP contribution is 2.12. The molecule has 0 saturated carbocycles. The van der Waals surface area contributed by atoms with Gasteiger partial charge in [-0.25, -0.2) is 4.79 Å². The molecule has 0 aromatic heterocycles. The summed E-state index contributed by atoms with van der Waals surface area (Å²) < 4.78 is 5.35. The minimum Gasteiger partial charge on any atom is -0.444 e. The Morgan fingerprint density at radius 2 is 1.81 bits per heavy atom. The van der Waals surface area contributed by atoms with E-state index in [0.29, 0.717) is 0 Å². The van der Waals surface area contributed by atoms with E-state index in [9.17, 15) is 4.79 Å². The van der Waals surface area contributed by atoms with Gasteiger partial charge in [-0.3, -0.25) is 9.89 Å². The van der Waals surface area contributed by atoms with E-state index in [-0.39, 0.29) is 12.1 Å². The fourth-order valence-electron chi connectivity index (χ4n) is 3.53. The van der Waals surface area contributed by atoms with Crippen LogP contribution in [0.25, 0.3) is 0 Å². The van der Waals surface area contributed by atoms with Gasteiger partial charge in [-0.15, -0.1) is 0 Å². The number of amides is 1. The first-order valence-corrected chi connectivity index (χ1v) is 10.2. The van der Waals surface area contributed by atoms with Crippen LogP contribution in [0.1, 0.15) is 34.1 Å². The first kappa shape index (κ1) is 21.8. The van der Waals surface area contributed by atoms with Gasteiger partial charge in [0.05, 0.1) is 6.04 Å². The standard InChI is InChI=1S/C19H38N6O2/c1-6-23-11-13-24(14-12-23)10-8-21-17(20-5)25-9-7-16(15-25)22-18(26)27-19(2,3)4/h16H,6-15H2,1-5H3,(H,20,21)(H,22,26). The van der Waals surface area contributed by atoms with Gasteiger partial charge in [-0.2, -0.15) is 0 Å². The molecule has 27 heavy (non-hydrogen) atoms. The predicted molar refractivity (Wildman–Crippen MR) is 109 cm³/mol. The molecule has 2 fully saturated rings. The molecule has 0 bridgehead atoms. The van der Waals surface area contributed by atoms with Gasteiger partial charge in [0.1, 0.15) is 5.60 Å². The number of alkyl carbamates (subject to hydrolysis) is 1. The molecule has 2 aliphatic heterocycles. The quantitative estimate of drug-likeness (QED) is 0.541. The molecule has 2 saturated heterocycles. The highest BCUT2D eigenvalue weighted by atomic mass is 16.6. The van der Waals surface area contributed by atoms with Crippen molar-refractivity contribution in [1.29, 1.82) is 0 Å². The van der Waals surface area contributed by atoms with Gasteiger partial charge >= 0.3 is 6.09 Å². The van der Waals surface area contributed by atoms with Gasteiger partial charge in [0.2, 0.25) is 0 Å². The molecule has 0 radical (unpaired) electrons. The molecule has 2 aliphatic rings. The van der Waals surface area contributed by atoms with Crippen molar-refractivity contribution in [3.63, 3.8) is 0 Å². The van der Waals surface area contributed by atoms with Crippen LogP contribution in [0, 0.1) is 0 Å². The van der Waals surface area contributed by atoms with Crippen molar-refractivity contribution < 1.29 is 9.53 Å². The summed E-state index contributed by atoms with van der Waals surface area (Å²) in [7, 11) is 1.82. The molecular formula is C19H38N6O2. The Morgan fingerprint density at radius 1 is 1.15 bits per heavy atom. The van der Waals surface area contributed by atoms with Crippen molar-refractivity contribution in [3.05, 3.63) is 0 Å². The van der Waals surface area contributed by atoms with E-state index < -0.39 is 5.60 Å². The number of likely N-dealkylation sites (N-methyl/N-ethyl adjacent to an activating group) is 1. The summed E-state index contributed by atoms with van der Waals surface area (Å²) in [6.45, 7) is 17.2. The van der Waals surface area contributed by atoms with Crippen LogP contribution < -0.4 is 10.6 Å². The van der Waals surface area contributed by atoms with E-state index in [1.165, 1.54) is 0 Å². The Hall–Kier alpha value is -1.54. The molecule has 156 valence electrons. The van der Waals surface area contributed by atoms with Crippen LogP contribution in [0.3, 0.4) is 0 Å². The zero-order chi connectivity index (χ0) is 19.9. The molecule has 0 spiro atoms. The second-order valence-corrected chi connectivity index (χ2v) is 8.33. The van der Waals surface area contributed by atoms with Gasteiger partial charge in [0.15, 0.2) is 5.96 Å². The molecular weight excluding hydrogens is 344 g/mol. The van der Waals surface area contributed by atoms with Crippen LogP contribution in [0.5, 0.6) is 0 Å². The molecule has 8 heteroatoms. The molecule has 2 N–H and O–H groups in total. The number of hydrogen-bond acceptors (Lipinski definition) is 5. The normalized spacial score (nSPS) is 22.8. The average Bonchev–Trinajstić information content (AvgIpc) is 3.05. The van der Waals surface area contributed by atoms with Crippen LogP contribution in [-0.2, 0) is 4.74 Å². The van der Waals surface area contributed by atoms with E-state index in [2.05, 4.69) is 37.2 Å². The predicted octanol–water partition coefficient (Wildman–Crippen LogP) is 0.798.